The van der Waals surface area contributed by atoms with Gasteiger partial charge in [0.1, 0.15) is 12.3 Å². The molecule has 35 heavy (non-hydrogen) atoms. The second kappa shape index (κ2) is 11.3. The molecule has 7 heteroatoms. The molecule has 0 saturated heterocycles. The summed E-state index contributed by atoms with van der Waals surface area (Å²) in [6, 6.07) is 15.3. The summed E-state index contributed by atoms with van der Waals surface area (Å²) in [7, 11) is 1.66. The van der Waals surface area contributed by atoms with Crippen LogP contribution in [0.15, 0.2) is 65.4 Å². The Balaban J connectivity index is 1.80. The van der Waals surface area contributed by atoms with Gasteiger partial charge in [0.2, 0.25) is 5.91 Å². The van der Waals surface area contributed by atoms with Crippen LogP contribution in [0.5, 0.6) is 5.75 Å². The van der Waals surface area contributed by atoms with Gasteiger partial charge in [-0.1, -0.05) is 26.0 Å². The minimum Gasteiger partial charge on any atom is -0.497 e. The van der Waals surface area contributed by atoms with Gasteiger partial charge in [-0.2, -0.15) is 0 Å². The third kappa shape index (κ3) is 7.01. The lowest BCUT2D eigenvalue weighted by molar-refractivity contribution is -0.137. The van der Waals surface area contributed by atoms with Gasteiger partial charge in [-0.05, 0) is 68.7 Å². The minimum absolute atomic E-state index is 0.00836. The molecule has 0 atom stereocenters. The molecule has 0 aliphatic heterocycles. The number of amides is 2. The quantitative estimate of drug-likeness (QED) is 0.407. The van der Waals surface area contributed by atoms with Gasteiger partial charge in [-0.3, -0.25) is 9.59 Å². The Kier molecular flexibility index (Phi) is 8.43. The zero-order chi connectivity index (χ0) is 25.6. The van der Waals surface area contributed by atoms with Crippen LogP contribution < -0.4 is 4.74 Å². The van der Waals surface area contributed by atoms with Crippen LogP contribution in [0.2, 0.25) is 0 Å². The topological polar surface area (TPSA) is 67.9 Å². The molecule has 0 bridgehead atoms. The summed E-state index contributed by atoms with van der Waals surface area (Å²) in [4.78, 5) is 30.1. The third-order valence-corrected chi connectivity index (χ3v) is 5.77. The summed E-state index contributed by atoms with van der Waals surface area (Å²) in [6.07, 6.45) is 3.49. The molecule has 0 N–H and O–H groups in total. The molecule has 0 unspecified atom stereocenters. The van der Waals surface area contributed by atoms with Crippen molar-refractivity contribution in [2.75, 3.05) is 20.2 Å². The van der Waals surface area contributed by atoms with Gasteiger partial charge in [0.15, 0.2) is 5.76 Å². The van der Waals surface area contributed by atoms with E-state index in [4.69, 9.17) is 9.15 Å². The van der Waals surface area contributed by atoms with E-state index in [1.54, 1.807) is 24.1 Å². The fourth-order valence-corrected chi connectivity index (χ4v) is 4.04. The molecule has 2 amide bonds. The van der Waals surface area contributed by atoms with E-state index < -0.39 is 5.54 Å². The van der Waals surface area contributed by atoms with Gasteiger partial charge in [0.25, 0.3) is 5.91 Å². The fourth-order valence-electron chi connectivity index (χ4n) is 4.04. The number of methoxy groups -OCH3 is 1. The van der Waals surface area contributed by atoms with Gasteiger partial charge in [-0.25, -0.2) is 0 Å². The van der Waals surface area contributed by atoms with E-state index >= 15 is 0 Å². The Hall–Kier alpha value is -3.48. The second-order valence-electron chi connectivity index (χ2n) is 10.2. The molecule has 0 aliphatic rings. The van der Waals surface area contributed by atoms with Crippen LogP contribution in [0.1, 0.15) is 56.4 Å². The number of rotatable bonds is 10. The lowest BCUT2D eigenvalue weighted by Gasteiger charge is -2.37. The van der Waals surface area contributed by atoms with Gasteiger partial charge in [0.05, 0.1) is 19.9 Å². The monoisotopic (exact) mass is 479 g/mol. The SMILES string of the molecule is COc1cccc(Cn2cccc2CN(C(=O)CN(CC(C)C)C(=O)c2ccco2)C(C)(C)C)c1. The first-order chi connectivity index (χ1) is 16.6. The molecule has 0 radical (unpaired) electrons. The number of furan rings is 1. The number of hydrogen-bond donors (Lipinski definition) is 0. The van der Waals surface area contributed by atoms with Crippen molar-refractivity contribution in [3.8, 4) is 5.75 Å². The number of ether oxygens (including phenoxy) is 1. The Labute approximate surface area is 208 Å². The van der Waals surface area contributed by atoms with E-state index in [9.17, 15) is 9.59 Å². The van der Waals surface area contributed by atoms with Crippen molar-refractivity contribution in [2.45, 2.75) is 53.2 Å². The van der Waals surface area contributed by atoms with Gasteiger partial charge in [0, 0.05) is 30.5 Å². The molecule has 1 aromatic carbocycles. The lowest BCUT2D eigenvalue weighted by atomic mass is 10.0. The zero-order valence-corrected chi connectivity index (χ0v) is 21.7. The highest BCUT2D eigenvalue weighted by Gasteiger charge is 2.31. The first-order valence-corrected chi connectivity index (χ1v) is 12.0. The van der Waals surface area contributed by atoms with Crippen molar-refractivity contribution in [3.63, 3.8) is 0 Å². The summed E-state index contributed by atoms with van der Waals surface area (Å²) in [5.74, 6) is 0.895. The number of aromatic nitrogens is 1. The number of nitrogens with zero attached hydrogens (tertiary/aromatic N) is 3. The summed E-state index contributed by atoms with van der Waals surface area (Å²) in [6.45, 7) is 11.7. The summed E-state index contributed by atoms with van der Waals surface area (Å²) < 4.78 is 12.8. The molecular weight excluding hydrogens is 442 g/mol. The van der Waals surface area contributed by atoms with Crippen molar-refractivity contribution < 1.29 is 18.7 Å². The van der Waals surface area contributed by atoms with Crippen molar-refractivity contribution in [1.29, 1.82) is 0 Å². The van der Waals surface area contributed by atoms with Crippen molar-refractivity contribution in [1.82, 2.24) is 14.4 Å². The third-order valence-electron chi connectivity index (χ3n) is 5.77. The number of benzene rings is 1. The van der Waals surface area contributed by atoms with Crippen LogP contribution >= 0.6 is 0 Å². The van der Waals surface area contributed by atoms with Gasteiger partial charge >= 0.3 is 0 Å². The van der Waals surface area contributed by atoms with Crippen LogP contribution in [0.25, 0.3) is 0 Å². The van der Waals surface area contributed by atoms with E-state index in [1.807, 2.05) is 76.0 Å². The van der Waals surface area contributed by atoms with Crippen LogP contribution in [-0.4, -0.2) is 51.9 Å². The van der Waals surface area contributed by atoms with Crippen LogP contribution in [0.4, 0.5) is 0 Å². The predicted molar refractivity (Wildman–Crippen MR) is 136 cm³/mol. The standard InChI is InChI=1S/C28H37N3O4/c1-21(2)17-30(27(33)25-13-9-15-35-25)20-26(32)31(28(3,4)5)19-23-11-8-14-29(23)18-22-10-7-12-24(16-22)34-6/h7-16,21H,17-20H2,1-6H3. The molecule has 7 nitrogen and oxygen atoms in total. The van der Waals surface area contributed by atoms with E-state index in [0.717, 1.165) is 17.0 Å². The summed E-state index contributed by atoms with van der Waals surface area (Å²) in [5, 5.41) is 0. The smallest absolute Gasteiger partial charge is 0.290 e. The summed E-state index contributed by atoms with van der Waals surface area (Å²) in [5.41, 5.74) is 1.70. The molecule has 188 valence electrons. The Bertz CT molecular complexity index is 1110. The van der Waals surface area contributed by atoms with Gasteiger partial charge < -0.3 is 23.5 Å². The van der Waals surface area contributed by atoms with Gasteiger partial charge in [-0.15, -0.1) is 0 Å². The molecule has 3 rings (SSSR count). The maximum atomic E-state index is 13.6. The first-order valence-electron chi connectivity index (χ1n) is 12.0. The van der Waals surface area contributed by atoms with Crippen LogP contribution in [0.3, 0.4) is 0 Å². The van der Waals surface area contributed by atoms with E-state index in [-0.39, 0.29) is 30.0 Å². The number of carbonyl (C=O) groups excluding carboxylic acids is 2. The van der Waals surface area contributed by atoms with Crippen LogP contribution in [-0.2, 0) is 17.9 Å². The Morgan fingerprint density at radius 3 is 2.49 bits per heavy atom. The highest BCUT2D eigenvalue weighted by molar-refractivity contribution is 5.94. The van der Waals surface area contributed by atoms with E-state index in [2.05, 4.69) is 10.6 Å². The molecule has 0 fully saturated rings. The maximum Gasteiger partial charge on any atom is 0.290 e. The molecule has 0 spiro atoms. The minimum atomic E-state index is -0.431. The van der Waals surface area contributed by atoms with Crippen molar-refractivity contribution >= 4 is 11.8 Å². The van der Waals surface area contributed by atoms with E-state index in [1.165, 1.54) is 6.26 Å². The number of carbonyl (C=O) groups is 2. The highest BCUT2D eigenvalue weighted by Crippen LogP contribution is 2.21. The highest BCUT2D eigenvalue weighted by atomic mass is 16.5. The van der Waals surface area contributed by atoms with Crippen molar-refractivity contribution in [2.24, 2.45) is 5.92 Å². The molecule has 0 saturated carbocycles. The Morgan fingerprint density at radius 2 is 1.86 bits per heavy atom. The maximum absolute atomic E-state index is 13.6. The largest absolute Gasteiger partial charge is 0.497 e. The average molecular weight is 480 g/mol. The first kappa shape index (κ1) is 26.1. The van der Waals surface area contributed by atoms with E-state index in [0.29, 0.717) is 19.6 Å². The summed E-state index contributed by atoms with van der Waals surface area (Å²) >= 11 is 0. The Morgan fingerprint density at radius 1 is 1.09 bits per heavy atom. The molecule has 0 aliphatic carbocycles. The zero-order valence-electron chi connectivity index (χ0n) is 21.7. The number of hydrogen-bond acceptors (Lipinski definition) is 4. The lowest BCUT2D eigenvalue weighted by Crippen LogP contribution is -2.50. The second-order valence-corrected chi connectivity index (χ2v) is 10.2. The van der Waals surface area contributed by atoms with Crippen molar-refractivity contribution in [3.05, 3.63) is 78.0 Å². The van der Waals surface area contributed by atoms with Crippen LogP contribution in [0, 0.1) is 5.92 Å². The molecule has 2 aromatic heterocycles. The molecule has 3 aromatic rings. The normalized spacial score (nSPS) is 11.5. The predicted octanol–water partition coefficient (Wildman–Crippen LogP) is 5.06. The molecule has 2 heterocycles. The average Bonchev–Trinajstić information content (AvgIpc) is 3.48. The fraction of sp³-hybridized carbons (Fsp3) is 0.429. The molecular formula is C28H37N3O4.